The average molecular weight is 384 g/mol. The summed E-state index contributed by atoms with van der Waals surface area (Å²) in [6, 6.07) is 10.6. The van der Waals surface area contributed by atoms with E-state index in [0.717, 1.165) is 24.8 Å². The molecule has 2 unspecified atom stereocenters. The Kier molecular flexibility index (Phi) is 6.99. The lowest BCUT2D eigenvalue weighted by atomic mass is 9.90. The first-order valence-electron chi connectivity index (χ1n) is 9.74. The van der Waals surface area contributed by atoms with Crippen molar-refractivity contribution in [1.82, 2.24) is 0 Å². The van der Waals surface area contributed by atoms with Crippen molar-refractivity contribution in [3.63, 3.8) is 0 Å². The molecule has 1 aliphatic rings. The van der Waals surface area contributed by atoms with Crippen molar-refractivity contribution in [3.8, 4) is 16.9 Å². The molecular weight excluding hydrogens is 358 g/mol. The maximum absolute atomic E-state index is 14.5. The van der Waals surface area contributed by atoms with Gasteiger partial charge in [0.1, 0.15) is 6.61 Å². The van der Waals surface area contributed by atoms with Crippen LogP contribution in [0.25, 0.3) is 11.1 Å². The molecule has 2 atom stereocenters. The zero-order chi connectivity index (χ0) is 19.9. The Hall–Kier alpha value is -2.46. The summed E-state index contributed by atoms with van der Waals surface area (Å²) in [5.41, 5.74) is 2.02. The number of rotatable bonds is 7. The Balaban J connectivity index is 1.70. The van der Waals surface area contributed by atoms with Crippen molar-refractivity contribution in [3.05, 3.63) is 78.4 Å². The molecule has 2 nitrogen and oxygen atoms in total. The lowest BCUT2D eigenvalue weighted by molar-refractivity contribution is 0.0326. The maximum atomic E-state index is 14.5. The number of allylic oxidation sites excluding steroid dienone is 1. The van der Waals surface area contributed by atoms with Gasteiger partial charge >= 0.3 is 0 Å². The van der Waals surface area contributed by atoms with Crippen molar-refractivity contribution >= 4 is 0 Å². The largest absolute Gasteiger partial charge is 0.486 e. The van der Waals surface area contributed by atoms with E-state index in [1.54, 1.807) is 6.07 Å². The molecule has 4 heteroatoms. The van der Waals surface area contributed by atoms with Gasteiger partial charge in [0.25, 0.3) is 0 Å². The molecule has 3 rings (SSSR count). The van der Waals surface area contributed by atoms with Gasteiger partial charge in [0.2, 0.25) is 5.82 Å². The molecule has 1 fully saturated rings. The van der Waals surface area contributed by atoms with Crippen LogP contribution in [0.2, 0.25) is 0 Å². The van der Waals surface area contributed by atoms with E-state index in [1.165, 1.54) is 12.1 Å². The SMILES string of the molecule is C=CCOc1ccc(-c2ccc(C3CCC(C=CCC)OC3)cc2)c(F)c1F. The van der Waals surface area contributed by atoms with E-state index in [-0.39, 0.29) is 24.0 Å². The van der Waals surface area contributed by atoms with E-state index in [2.05, 4.69) is 25.7 Å². The van der Waals surface area contributed by atoms with Crippen LogP contribution in [0.5, 0.6) is 5.75 Å². The zero-order valence-electron chi connectivity index (χ0n) is 16.2. The van der Waals surface area contributed by atoms with Gasteiger partial charge in [-0.05, 0) is 42.5 Å². The van der Waals surface area contributed by atoms with Crippen LogP contribution in [0.4, 0.5) is 8.78 Å². The van der Waals surface area contributed by atoms with Crippen LogP contribution in [-0.4, -0.2) is 19.3 Å². The highest BCUT2D eigenvalue weighted by molar-refractivity contribution is 5.65. The summed E-state index contributed by atoms with van der Waals surface area (Å²) in [5.74, 6) is -1.66. The van der Waals surface area contributed by atoms with Gasteiger partial charge in [-0.15, -0.1) is 0 Å². The van der Waals surface area contributed by atoms with Crippen molar-refractivity contribution in [2.75, 3.05) is 13.2 Å². The fraction of sp³-hybridized carbons (Fsp3) is 0.333. The third-order valence-electron chi connectivity index (χ3n) is 4.99. The van der Waals surface area contributed by atoms with E-state index >= 15 is 0 Å². The second-order valence-electron chi connectivity index (χ2n) is 6.94. The first kappa shape index (κ1) is 20.3. The molecule has 0 bridgehead atoms. The van der Waals surface area contributed by atoms with E-state index in [0.29, 0.717) is 18.1 Å². The molecule has 0 amide bonds. The predicted molar refractivity (Wildman–Crippen MR) is 109 cm³/mol. The Labute approximate surface area is 165 Å². The summed E-state index contributed by atoms with van der Waals surface area (Å²) in [4.78, 5) is 0. The Bertz CT molecular complexity index is 819. The molecule has 148 valence electrons. The first-order valence-corrected chi connectivity index (χ1v) is 9.74. The second-order valence-corrected chi connectivity index (χ2v) is 6.94. The Morgan fingerprint density at radius 3 is 2.54 bits per heavy atom. The summed E-state index contributed by atoms with van der Waals surface area (Å²) >= 11 is 0. The van der Waals surface area contributed by atoms with Gasteiger partial charge in [-0.3, -0.25) is 0 Å². The van der Waals surface area contributed by atoms with E-state index in [1.807, 2.05) is 24.3 Å². The minimum Gasteiger partial charge on any atom is -0.486 e. The highest BCUT2D eigenvalue weighted by atomic mass is 19.2. The summed E-state index contributed by atoms with van der Waals surface area (Å²) in [6.07, 6.45) is 9.03. The third-order valence-corrected chi connectivity index (χ3v) is 4.99. The number of hydrogen-bond donors (Lipinski definition) is 0. The summed E-state index contributed by atoms with van der Waals surface area (Å²) in [5, 5.41) is 0. The second kappa shape index (κ2) is 9.65. The fourth-order valence-electron chi connectivity index (χ4n) is 3.42. The zero-order valence-corrected chi connectivity index (χ0v) is 16.2. The van der Waals surface area contributed by atoms with Gasteiger partial charge < -0.3 is 9.47 Å². The molecular formula is C24H26F2O2. The molecule has 0 aromatic heterocycles. The average Bonchev–Trinajstić information content (AvgIpc) is 2.74. The molecule has 2 aromatic carbocycles. The topological polar surface area (TPSA) is 18.5 Å². The van der Waals surface area contributed by atoms with Crippen LogP contribution in [0.15, 0.2) is 61.2 Å². The molecule has 0 N–H and O–H groups in total. The lowest BCUT2D eigenvalue weighted by Crippen LogP contribution is -2.23. The van der Waals surface area contributed by atoms with Gasteiger partial charge in [0, 0.05) is 11.5 Å². The minimum atomic E-state index is -0.977. The monoisotopic (exact) mass is 384 g/mol. The van der Waals surface area contributed by atoms with Gasteiger partial charge in [-0.1, -0.05) is 56.0 Å². The van der Waals surface area contributed by atoms with Crippen LogP contribution in [0.1, 0.15) is 37.7 Å². The number of halogens is 2. The molecule has 1 aliphatic heterocycles. The quantitative estimate of drug-likeness (QED) is 0.513. The first-order chi connectivity index (χ1) is 13.6. The van der Waals surface area contributed by atoms with Gasteiger partial charge in [-0.2, -0.15) is 4.39 Å². The molecule has 2 aromatic rings. The number of benzene rings is 2. The molecule has 0 radical (unpaired) electrons. The van der Waals surface area contributed by atoms with Crippen LogP contribution >= 0.6 is 0 Å². The lowest BCUT2D eigenvalue weighted by Gasteiger charge is -2.27. The van der Waals surface area contributed by atoms with Crippen LogP contribution in [0, 0.1) is 11.6 Å². The predicted octanol–water partition coefficient (Wildman–Crippen LogP) is 6.43. The van der Waals surface area contributed by atoms with Crippen molar-refractivity contribution < 1.29 is 18.3 Å². The third kappa shape index (κ3) is 4.68. The van der Waals surface area contributed by atoms with Gasteiger partial charge in [-0.25, -0.2) is 4.39 Å². The highest BCUT2D eigenvalue weighted by Gasteiger charge is 2.22. The van der Waals surface area contributed by atoms with Crippen molar-refractivity contribution in [1.29, 1.82) is 0 Å². The molecule has 1 saturated heterocycles. The fourth-order valence-corrected chi connectivity index (χ4v) is 3.42. The van der Waals surface area contributed by atoms with E-state index in [9.17, 15) is 8.78 Å². The maximum Gasteiger partial charge on any atom is 0.201 e. The van der Waals surface area contributed by atoms with Crippen molar-refractivity contribution in [2.45, 2.75) is 38.2 Å². The molecule has 28 heavy (non-hydrogen) atoms. The molecule has 1 heterocycles. The van der Waals surface area contributed by atoms with Gasteiger partial charge in [0.15, 0.2) is 11.6 Å². The summed E-state index contributed by atoms with van der Waals surface area (Å²) < 4.78 is 39.7. The van der Waals surface area contributed by atoms with Crippen LogP contribution in [-0.2, 0) is 4.74 Å². The highest BCUT2D eigenvalue weighted by Crippen LogP contribution is 2.33. The van der Waals surface area contributed by atoms with Crippen LogP contribution < -0.4 is 4.74 Å². The van der Waals surface area contributed by atoms with E-state index < -0.39 is 11.6 Å². The smallest absolute Gasteiger partial charge is 0.201 e. The summed E-state index contributed by atoms with van der Waals surface area (Å²) in [7, 11) is 0. The van der Waals surface area contributed by atoms with Crippen LogP contribution in [0.3, 0.4) is 0 Å². The Morgan fingerprint density at radius 2 is 1.89 bits per heavy atom. The normalized spacial score (nSPS) is 19.7. The summed E-state index contributed by atoms with van der Waals surface area (Å²) in [6.45, 7) is 6.42. The molecule has 0 saturated carbocycles. The number of hydrogen-bond acceptors (Lipinski definition) is 2. The molecule has 0 aliphatic carbocycles. The van der Waals surface area contributed by atoms with Crippen molar-refractivity contribution in [2.24, 2.45) is 0 Å². The van der Waals surface area contributed by atoms with E-state index in [4.69, 9.17) is 9.47 Å². The number of ether oxygens (including phenoxy) is 2. The minimum absolute atomic E-state index is 0.108. The standard InChI is InChI=1S/C24H26F2O2/c1-3-5-6-20-12-11-19(16-28-20)17-7-9-18(10-8-17)21-13-14-22(27-15-4-2)24(26)23(21)25/h4-10,13-14,19-20H,2-3,11-12,15-16H2,1H3. The Morgan fingerprint density at radius 1 is 1.11 bits per heavy atom. The molecule has 0 spiro atoms. The van der Waals surface area contributed by atoms with Gasteiger partial charge in [0.05, 0.1) is 12.7 Å².